The van der Waals surface area contributed by atoms with Crippen LogP contribution in [-0.2, 0) is 5.88 Å². The number of ether oxygens (including phenoxy) is 2. The maximum Gasteiger partial charge on any atom is 0.123 e. The van der Waals surface area contributed by atoms with Gasteiger partial charge in [0, 0.05) is 5.56 Å². The van der Waals surface area contributed by atoms with Crippen molar-refractivity contribution in [1.82, 2.24) is 0 Å². The Balaban J connectivity index is 2.32. The molecule has 0 N–H and O–H groups in total. The molecule has 1 atom stereocenters. The molecule has 0 bridgehead atoms. The van der Waals surface area contributed by atoms with Gasteiger partial charge in [-0.25, -0.2) is 0 Å². The molecule has 0 aliphatic rings. The standard InChI is InChI=1S/C18H29ClO2/c1-14(2)6-5-7-15(3)10-11-21-17-8-9-18(20-4)16(12-17)13-19/h8-9,12,14-15H,5-7,10-11,13H2,1-4H3. The van der Waals surface area contributed by atoms with Crippen LogP contribution in [0.25, 0.3) is 0 Å². The number of methoxy groups -OCH3 is 1. The highest BCUT2D eigenvalue weighted by atomic mass is 35.5. The summed E-state index contributed by atoms with van der Waals surface area (Å²) >= 11 is 5.91. The smallest absolute Gasteiger partial charge is 0.123 e. The third-order valence-corrected chi connectivity index (χ3v) is 4.04. The van der Waals surface area contributed by atoms with Crippen LogP contribution in [0, 0.1) is 11.8 Å². The van der Waals surface area contributed by atoms with E-state index in [0.717, 1.165) is 41.9 Å². The second kappa shape index (κ2) is 9.94. The van der Waals surface area contributed by atoms with Gasteiger partial charge in [-0.1, -0.05) is 40.0 Å². The van der Waals surface area contributed by atoms with Gasteiger partial charge < -0.3 is 9.47 Å². The Morgan fingerprint density at radius 3 is 2.48 bits per heavy atom. The summed E-state index contributed by atoms with van der Waals surface area (Å²) in [5.74, 6) is 3.66. The van der Waals surface area contributed by atoms with Crippen molar-refractivity contribution in [3.8, 4) is 11.5 Å². The summed E-state index contributed by atoms with van der Waals surface area (Å²) in [6.45, 7) is 7.64. The lowest BCUT2D eigenvalue weighted by atomic mass is 9.98. The maximum atomic E-state index is 5.91. The predicted molar refractivity (Wildman–Crippen MR) is 90.5 cm³/mol. The normalized spacial score (nSPS) is 12.5. The van der Waals surface area contributed by atoms with E-state index in [1.807, 2.05) is 18.2 Å². The fourth-order valence-electron chi connectivity index (χ4n) is 2.35. The molecule has 21 heavy (non-hydrogen) atoms. The van der Waals surface area contributed by atoms with Crippen LogP contribution in [0.4, 0.5) is 0 Å². The Morgan fingerprint density at radius 2 is 1.86 bits per heavy atom. The van der Waals surface area contributed by atoms with Gasteiger partial charge in [-0.2, -0.15) is 0 Å². The number of rotatable bonds is 10. The van der Waals surface area contributed by atoms with Crippen molar-refractivity contribution in [2.75, 3.05) is 13.7 Å². The predicted octanol–water partition coefficient (Wildman–Crippen LogP) is 5.67. The summed E-state index contributed by atoms with van der Waals surface area (Å²) in [6, 6.07) is 5.83. The molecule has 0 aromatic heterocycles. The fraction of sp³-hybridized carbons (Fsp3) is 0.667. The van der Waals surface area contributed by atoms with E-state index in [2.05, 4.69) is 20.8 Å². The molecule has 0 amide bonds. The lowest BCUT2D eigenvalue weighted by Gasteiger charge is -2.14. The monoisotopic (exact) mass is 312 g/mol. The Hall–Kier alpha value is -0.890. The van der Waals surface area contributed by atoms with Crippen LogP contribution >= 0.6 is 11.6 Å². The van der Waals surface area contributed by atoms with Crippen molar-refractivity contribution < 1.29 is 9.47 Å². The highest BCUT2D eigenvalue weighted by Crippen LogP contribution is 2.26. The lowest BCUT2D eigenvalue weighted by Crippen LogP contribution is -2.05. The highest BCUT2D eigenvalue weighted by Gasteiger charge is 2.06. The molecular weight excluding hydrogens is 284 g/mol. The van der Waals surface area contributed by atoms with E-state index in [4.69, 9.17) is 21.1 Å². The first-order chi connectivity index (χ1) is 10.1. The third kappa shape index (κ3) is 7.08. The van der Waals surface area contributed by atoms with Crippen molar-refractivity contribution in [3.63, 3.8) is 0 Å². The zero-order chi connectivity index (χ0) is 15.7. The van der Waals surface area contributed by atoms with Crippen LogP contribution in [-0.4, -0.2) is 13.7 Å². The average Bonchev–Trinajstić information content (AvgIpc) is 2.46. The first-order valence-corrected chi connectivity index (χ1v) is 8.46. The summed E-state index contributed by atoms with van der Waals surface area (Å²) < 4.78 is 11.1. The van der Waals surface area contributed by atoms with Gasteiger partial charge in [0.05, 0.1) is 19.6 Å². The van der Waals surface area contributed by atoms with Crippen LogP contribution in [0.1, 0.15) is 52.0 Å². The molecule has 0 aliphatic heterocycles. The van der Waals surface area contributed by atoms with E-state index >= 15 is 0 Å². The van der Waals surface area contributed by atoms with Crippen LogP contribution < -0.4 is 9.47 Å². The second-order valence-corrected chi connectivity index (χ2v) is 6.44. The second-order valence-electron chi connectivity index (χ2n) is 6.17. The van der Waals surface area contributed by atoms with Gasteiger partial charge in [-0.15, -0.1) is 11.6 Å². The van der Waals surface area contributed by atoms with Crippen LogP contribution in [0.2, 0.25) is 0 Å². The van der Waals surface area contributed by atoms with Crippen LogP contribution in [0.5, 0.6) is 11.5 Å². The minimum atomic E-state index is 0.436. The molecule has 2 nitrogen and oxygen atoms in total. The summed E-state index contributed by atoms with van der Waals surface area (Å²) in [7, 11) is 1.66. The minimum Gasteiger partial charge on any atom is -0.496 e. The number of benzene rings is 1. The molecule has 0 saturated heterocycles. The van der Waals surface area contributed by atoms with E-state index in [9.17, 15) is 0 Å². The van der Waals surface area contributed by atoms with E-state index in [1.165, 1.54) is 19.3 Å². The maximum absolute atomic E-state index is 5.91. The van der Waals surface area contributed by atoms with Crippen LogP contribution in [0.3, 0.4) is 0 Å². The molecule has 0 fully saturated rings. The van der Waals surface area contributed by atoms with Gasteiger partial charge >= 0.3 is 0 Å². The molecule has 0 heterocycles. The van der Waals surface area contributed by atoms with E-state index in [1.54, 1.807) is 7.11 Å². The van der Waals surface area contributed by atoms with E-state index in [0.29, 0.717) is 5.88 Å². The SMILES string of the molecule is COc1ccc(OCCC(C)CCCC(C)C)cc1CCl. The molecule has 0 aliphatic carbocycles. The largest absolute Gasteiger partial charge is 0.496 e. The van der Waals surface area contributed by atoms with Gasteiger partial charge in [0.2, 0.25) is 0 Å². The Labute approximate surface area is 134 Å². The molecule has 1 aromatic carbocycles. The number of hydrogen-bond acceptors (Lipinski definition) is 2. The molecule has 1 aromatic rings. The Kier molecular flexibility index (Phi) is 8.60. The first-order valence-electron chi connectivity index (χ1n) is 7.92. The molecule has 0 radical (unpaired) electrons. The van der Waals surface area contributed by atoms with Crippen molar-refractivity contribution in [1.29, 1.82) is 0 Å². The van der Waals surface area contributed by atoms with Gasteiger partial charge in [-0.05, 0) is 36.5 Å². The fourth-order valence-corrected chi connectivity index (χ4v) is 2.55. The highest BCUT2D eigenvalue weighted by molar-refractivity contribution is 6.17. The molecule has 3 heteroatoms. The molecule has 1 unspecified atom stereocenters. The molecule has 0 spiro atoms. The number of halogens is 1. The zero-order valence-corrected chi connectivity index (χ0v) is 14.6. The molecule has 1 rings (SSSR count). The zero-order valence-electron chi connectivity index (χ0n) is 13.8. The van der Waals surface area contributed by atoms with Crippen molar-refractivity contribution in [3.05, 3.63) is 23.8 Å². The van der Waals surface area contributed by atoms with Gasteiger partial charge in [0.15, 0.2) is 0 Å². The van der Waals surface area contributed by atoms with E-state index in [-0.39, 0.29) is 0 Å². The third-order valence-electron chi connectivity index (χ3n) is 3.75. The Bertz CT molecular complexity index is 404. The van der Waals surface area contributed by atoms with Gasteiger partial charge in [0.25, 0.3) is 0 Å². The van der Waals surface area contributed by atoms with Crippen molar-refractivity contribution in [2.24, 2.45) is 11.8 Å². The molecule has 120 valence electrons. The Morgan fingerprint density at radius 1 is 1.10 bits per heavy atom. The van der Waals surface area contributed by atoms with Crippen molar-refractivity contribution in [2.45, 2.75) is 52.3 Å². The number of alkyl halides is 1. The molecular formula is C18H29ClO2. The summed E-state index contributed by atoms with van der Waals surface area (Å²) in [4.78, 5) is 0. The minimum absolute atomic E-state index is 0.436. The summed E-state index contributed by atoms with van der Waals surface area (Å²) in [5, 5.41) is 0. The van der Waals surface area contributed by atoms with Gasteiger partial charge in [0.1, 0.15) is 11.5 Å². The summed E-state index contributed by atoms with van der Waals surface area (Å²) in [5.41, 5.74) is 0.974. The van der Waals surface area contributed by atoms with Crippen molar-refractivity contribution >= 4 is 11.6 Å². The summed E-state index contributed by atoms with van der Waals surface area (Å²) in [6.07, 6.45) is 5.03. The van der Waals surface area contributed by atoms with E-state index < -0.39 is 0 Å². The van der Waals surface area contributed by atoms with Gasteiger partial charge in [-0.3, -0.25) is 0 Å². The molecule has 0 saturated carbocycles. The van der Waals surface area contributed by atoms with Crippen LogP contribution in [0.15, 0.2) is 18.2 Å². The quantitative estimate of drug-likeness (QED) is 0.518. The average molecular weight is 313 g/mol. The first kappa shape index (κ1) is 18.2. The number of hydrogen-bond donors (Lipinski definition) is 0. The lowest BCUT2D eigenvalue weighted by molar-refractivity contribution is 0.275. The topological polar surface area (TPSA) is 18.5 Å².